The fourth-order valence-corrected chi connectivity index (χ4v) is 4.40. The van der Waals surface area contributed by atoms with Crippen molar-refractivity contribution in [3.05, 3.63) is 57.9 Å². The van der Waals surface area contributed by atoms with E-state index in [1.54, 1.807) is 11.3 Å². The van der Waals surface area contributed by atoms with Gasteiger partial charge in [-0.15, -0.1) is 0 Å². The van der Waals surface area contributed by atoms with Crippen LogP contribution < -0.4 is 10.6 Å². The summed E-state index contributed by atoms with van der Waals surface area (Å²) in [5.74, 6) is 0. The van der Waals surface area contributed by atoms with Crippen molar-refractivity contribution in [1.29, 1.82) is 0 Å². The number of benzene rings is 1. The highest BCUT2D eigenvalue weighted by Crippen LogP contribution is 2.28. The molecule has 1 saturated carbocycles. The molecule has 4 rings (SSSR count). The van der Waals surface area contributed by atoms with Gasteiger partial charge >= 0.3 is 0 Å². The Balaban J connectivity index is 1.34. The third-order valence-electron chi connectivity index (χ3n) is 4.97. The molecular formula is C20H22ClN3S. The monoisotopic (exact) mass is 371 g/mol. The number of hydrogen-bond acceptors (Lipinski definition) is 4. The maximum atomic E-state index is 6.08. The van der Waals surface area contributed by atoms with Crippen LogP contribution in [0.15, 0.2) is 47.3 Å². The van der Waals surface area contributed by atoms with Gasteiger partial charge in [-0.2, -0.15) is 11.3 Å². The topological polar surface area (TPSA) is 37.0 Å². The van der Waals surface area contributed by atoms with Crippen LogP contribution in [0.5, 0.6) is 0 Å². The number of nitrogens with one attached hydrogen (secondary N) is 2. The van der Waals surface area contributed by atoms with Crippen molar-refractivity contribution in [3.63, 3.8) is 0 Å². The number of rotatable bonds is 5. The molecule has 1 aliphatic rings. The van der Waals surface area contributed by atoms with Crippen LogP contribution >= 0.6 is 22.9 Å². The number of nitrogens with zero attached hydrogens (tertiary/aromatic N) is 1. The van der Waals surface area contributed by atoms with Gasteiger partial charge in [0.2, 0.25) is 0 Å². The van der Waals surface area contributed by atoms with Crippen molar-refractivity contribution in [3.8, 4) is 0 Å². The summed E-state index contributed by atoms with van der Waals surface area (Å²) < 4.78 is 0. The van der Waals surface area contributed by atoms with Crippen molar-refractivity contribution in [2.24, 2.45) is 0 Å². The molecule has 1 aliphatic carbocycles. The minimum absolute atomic E-state index is 0.528. The molecule has 0 saturated heterocycles. The highest BCUT2D eigenvalue weighted by atomic mass is 35.5. The van der Waals surface area contributed by atoms with Crippen molar-refractivity contribution in [2.45, 2.75) is 44.3 Å². The van der Waals surface area contributed by atoms with Gasteiger partial charge in [0.25, 0.3) is 0 Å². The number of hydrogen-bond donors (Lipinski definition) is 2. The summed E-state index contributed by atoms with van der Waals surface area (Å²) >= 11 is 7.85. The number of fused-ring (bicyclic) bond motifs is 1. The Morgan fingerprint density at radius 2 is 1.92 bits per heavy atom. The fourth-order valence-electron chi connectivity index (χ4n) is 3.56. The first-order valence-corrected chi connectivity index (χ1v) is 10.2. The predicted octanol–water partition coefficient (Wildman–Crippen LogP) is 5.46. The average molecular weight is 372 g/mol. The largest absolute Gasteiger partial charge is 0.382 e. The van der Waals surface area contributed by atoms with E-state index in [9.17, 15) is 0 Å². The second kappa shape index (κ2) is 7.73. The molecule has 0 radical (unpaired) electrons. The Hall–Kier alpha value is -1.62. The lowest BCUT2D eigenvalue weighted by Gasteiger charge is -2.30. The van der Waals surface area contributed by atoms with Crippen LogP contribution in [-0.4, -0.2) is 17.1 Å². The summed E-state index contributed by atoms with van der Waals surface area (Å²) in [6.07, 6.45) is 6.68. The molecule has 5 heteroatoms. The normalized spacial score (nSPS) is 20.7. The first-order valence-electron chi connectivity index (χ1n) is 8.83. The molecule has 130 valence electrons. The molecule has 0 amide bonds. The van der Waals surface area contributed by atoms with Gasteiger partial charge in [-0.25, -0.2) is 0 Å². The number of thiophene rings is 1. The zero-order valence-corrected chi connectivity index (χ0v) is 15.6. The van der Waals surface area contributed by atoms with Crippen molar-refractivity contribution in [2.75, 3.05) is 5.32 Å². The Labute approximate surface area is 157 Å². The summed E-state index contributed by atoms with van der Waals surface area (Å²) in [4.78, 5) is 4.42. The number of aromatic nitrogens is 1. The standard InChI is InChI=1S/C20H22ClN3S/c21-15-1-6-18-19(7-9-22-20(18)11-15)24-17-4-2-16(3-5-17)23-12-14-8-10-25-13-14/h1,6-11,13,16-17,23H,2-5,12H2,(H,22,24). The van der Waals surface area contributed by atoms with Gasteiger partial charge in [-0.1, -0.05) is 11.6 Å². The molecule has 0 aliphatic heterocycles. The zero-order valence-electron chi connectivity index (χ0n) is 14.0. The highest BCUT2D eigenvalue weighted by Gasteiger charge is 2.21. The van der Waals surface area contributed by atoms with E-state index in [2.05, 4.69) is 44.6 Å². The lowest BCUT2D eigenvalue weighted by atomic mass is 9.90. The lowest BCUT2D eigenvalue weighted by Crippen LogP contribution is -2.36. The number of anilines is 1. The van der Waals surface area contributed by atoms with Crippen LogP contribution in [0.2, 0.25) is 5.02 Å². The molecule has 2 N–H and O–H groups in total. The summed E-state index contributed by atoms with van der Waals surface area (Å²) in [6, 6.07) is 11.3. The molecule has 2 aromatic heterocycles. The Morgan fingerprint density at radius 3 is 2.72 bits per heavy atom. The smallest absolute Gasteiger partial charge is 0.0737 e. The third kappa shape index (κ3) is 4.14. The molecule has 1 fully saturated rings. The summed E-state index contributed by atoms with van der Waals surface area (Å²) in [7, 11) is 0. The highest BCUT2D eigenvalue weighted by molar-refractivity contribution is 7.07. The molecule has 1 aromatic carbocycles. The average Bonchev–Trinajstić information content (AvgIpc) is 3.15. The van der Waals surface area contributed by atoms with E-state index < -0.39 is 0 Å². The van der Waals surface area contributed by atoms with E-state index in [1.807, 2.05) is 18.3 Å². The van der Waals surface area contributed by atoms with E-state index >= 15 is 0 Å². The van der Waals surface area contributed by atoms with Crippen molar-refractivity contribution >= 4 is 39.5 Å². The van der Waals surface area contributed by atoms with Gasteiger partial charge in [0.05, 0.1) is 5.52 Å². The van der Waals surface area contributed by atoms with E-state index in [-0.39, 0.29) is 0 Å². The Bertz CT molecular complexity index is 826. The minimum Gasteiger partial charge on any atom is -0.382 e. The van der Waals surface area contributed by atoms with Gasteiger partial charge in [0.1, 0.15) is 0 Å². The summed E-state index contributed by atoms with van der Waals surface area (Å²) in [6.45, 7) is 0.988. The lowest BCUT2D eigenvalue weighted by molar-refractivity contribution is 0.353. The second-order valence-corrected chi connectivity index (χ2v) is 7.94. The van der Waals surface area contributed by atoms with Crippen LogP contribution in [0.1, 0.15) is 31.2 Å². The second-order valence-electron chi connectivity index (χ2n) is 6.73. The molecule has 3 aromatic rings. The van der Waals surface area contributed by atoms with E-state index in [0.29, 0.717) is 12.1 Å². The fraction of sp³-hybridized carbons (Fsp3) is 0.350. The maximum Gasteiger partial charge on any atom is 0.0737 e. The molecule has 0 unspecified atom stereocenters. The van der Waals surface area contributed by atoms with E-state index in [0.717, 1.165) is 28.2 Å². The molecular weight excluding hydrogens is 350 g/mol. The maximum absolute atomic E-state index is 6.08. The zero-order chi connectivity index (χ0) is 17.1. The van der Waals surface area contributed by atoms with Crippen LogP contribution in [0.25, 0.3) is 10.9 Å². The van der Waals surface area contributed by atoms with Crippen molar-refractivity contribution < 1.29 is 0 Å². The first kappa shape index (κ1) is 16.8. The predicted molar refractivity (Wildman–Crippen MR) is 108 cm³/mol. The van der Waals surface area contributed by atoms with Gasteiger partial charge in [0.15, 0.2) is 0 Å². The Morgan fingerprint density at radius 1 is 1.08 bits per heavy atom. The number of halogens is 1. The summed E-state index contributed by atoms with van der Waals surface area (Å²) in [5.41, 5.74) is 3.51. The molecule has 0 atom stereocenters. The molecule has 3 nitrogen and oxygen atoms in total. The van der Waals surface area contributed by atoms with Crippen LogP contribution in [0.4, 0.5) is 5.69 Å². The summed E-state index contributed by atoms with van der Waals surface area (Å²) in [5, 5.41) is 13.7. The number of pyridine rings is 1. The molecule has 2 heterocycles. The van der Waals surface area contributed by atoms with E-state index in [4.69, 9.17) is 11.6 Å². The molecule has 0 bridgehead atoms. The molecule has 25 heavy (non-hydrogen) atoms. The first-order chi connectivity index (χ1) is 12.3. The quantitative estimate of drug-likeness (QED) is 0.625. The van der Waals surface area contributed by atoms with Gasteiger partial charge < -0.3 is 10.6 Å². The van der Waals surface area contributed by atoms with Crippen molar-refractivity contribution in [1.82, 2.24) is 10.3 Å². The minimum atomic E-state index is 0.528. The van der Waals surface area contributed by atoms with Crippen LogP contribution in [0, 0.1) is 0 Å². The van der Waals surface area contributed by atoms with Gasteiger partial charge in [0, 0.05) is 40.9 Å². The SMILES string of the molecule is Clc1ccc2c(NC3CCC(NCc4ccsc4)CC3)ccnc2c1. The van der Waals surface area contributed by atoms with E-state index in [1.165, 1.54) is 31.2 Å². The van der Waals surface area contributed by atoms with Crippen LogP contribution in [-0.2, 0) is 6.54 Å². The third-order valence-corrected chi connectivity index (χ3v) is 5.93. The van der Waals surface area contributed by atoms with Gasteiger partial charge in [-0.3, -0.25) is 4.98 Å². The van der Waals surface area contributed by atoms with Crippen LogP contribution in [0.3, 0.4) is 0 Å². The Kier molecular flexibility index (Phi) is 5.20. The van der Waals surface area contributed by atoms with Gasteiger partial charge in [-0.05, 0) is 72.3 Å². The molecule has 0 spiro atoms.